The Morgan fingerprint density at radius 2 is 1.27 bits per heavy atom. The maximum atomic E-state index is 11.0. The Kier molecular flexibility index (Phi) is 5.61. The van der Waals surface area contributed by atoms with Gasteiger partial charge in [-0.3, -0.25) is 4.18 Å². The van der Waals surface area contributed by atoms with Crippen LogP contribution in [-0.4, -0.2) is 20.8 Å². The van der Waals surface area contributed by atoms with E-state index in [9.17, 15) is 8.42 Å². The molecule has 0 bridgehead atoms. The predicted octanol–water partition coefficient (Wildman–Crippen LogP) is 2.86. The molecule has 0 spiro atoms. The van der Waals surface area contributed by atoms with Gasteiger partial charge in [0.05, 0.1) is 12.4 Å². The van der Waals surface area contributed by atoms with Crippen molar-refractivity contribution in [1.82, 2.24) is 0 Å². The van der Waals surface area contributed by atoms with E-state index in [0.717, 1.165) is 31.9 Å². The van der Waals surface area contributed by atoms with Gasteiger partial charge < -0.3 is 0 Å². The third-order valence-corrected chi connectivity index (χ3v) is 3.48. The minimum absolute atomic E-state index is 0.0712. The SMILES string of the molecule is CS(=O)(=O)OC1CCCCCCCCC1. The highest BCUT2D eigenvalue weighted by Gasteiger charge is 2.15. The molecule has 0 unspecified atom stereocenters. The molecule has 1 aliphatic rings. The molecule has 1 fully saturated rings. The van der Waals surface area contributed by atoms with E-state index < -0.39 is 10.1 Å². The first-order valence-corrected chi connectivity index (χ1v) is 7.78. The molecule has 1 saturated carbocycles. The van der Waals surface area contributed by atoms with E-state index in [-0.39, 0.29) is 6.10 Å². The van der Waals surface area contributed by atoms with Crippen LogP contribution in [0.3, 0.4) is 0 Å². The lowest BCUT2D eigenvalue weighted by Gasteiger charge is -2.17. The second-order valence-corrected chi connectivity index (χ2v) is 6.08. The summed E-state index contributed by atoms with van der Waals surface area (Å²) in [6, 6.07) is 0. The molecule has 90 valence electrons. The topological polar surface area (TPSA) is 43.4 Å². The number of hydrogen-bond donors (Lipinski definition) is 0. The first-order valence-electron chi connectivity index (χ1n) is 5.96. The minimum Gasteiger partial charge on any atom is -0.267 e. The van der Waals surface area contributed by atoms with Crippen molar-refractivity contribution in [1.29, 1.82) is 0 Å². The van der Waals surface area contributed by atoms with E-state index in [1.807, 2.05) is 0 Å². The maximum Gasteiger partial charge on any atom is 0.264 e. The zero-order chi connectivity index (χ0) is 11.1. The zero-order valence-corrected chi connectivity index (χ0v) is 10.4. The van der Waals surface area contributed by atoms with Crippen LogP contribution in [0.5, 0.6) is 0 Å². The second kappa shape index (κ2) is 6.48. The molecule has 0 radical (unpaired) electrons. The third-order valence-electron chi connectivity index (χ3n) is 2.86. The summed E-state index contributed by atoms with van der Waals surface area (Å²) in [4.78, 5) is 0. The van der Waals surface area contributed by atoms with Crippen molar-refractivity contribution < 1.29 is 12.6 Å². The first kappa shape index (κ1) is 13.0. The van der Waals surface area contributed by atoms with Gasteiger partial charge in [0.15, 0.2) is 0 Å². The van der Waals surface area contributed by atoms with Gasteiger partial charge in [-0.25, -0.2) is 0 Å². The maximum absolute atomic E-state index is 11.0. The Balaban J connectivity index is 2.38. The van der Waals surface area contributed by atoms with Crippen molar-refractivity contribution in [3.63, 3.8) is 0 Å². The second-order valence-electron chi connectivity index (χ2n) is 4.47. The highest BCUT2D eigenvalue weighted by molar-refractivity contribution is 7.86. The molecule has 0 saturated heterocycles. The molecule has 3 nitrogen and oxygen atoms in total. The molecule has 1 aliphatic carbocycles. The smallest absolute Gasteiger partial charge is 0.264 e. The Morgan fingerprint density at radius 1 is 0.867 bits per heavy atom. The van der Waals surface area contributed by atoms with Crippen LogP contribution >= 0.6 is 0 Å². The summed E-state index contributed by atoms with van der Waals surface area (Å²) in [6.45, 7) is 0. The van der Waals surface area contributed by atoms with Gasteiger partial charge in [0.1, 0.15) is 0 Å². The zero-order valence-electron chi connectivity index (χ0n) is 9.57. The average molecular weight is 234 g/mol. The normalized spacial score (nSPS) is 22.5. The minimum atomic E-state index is -3.27. The fraction of sp³-hybridized carbons (Fsp3) is 1.00. The van der Waals surface area contributed by atoms with Gasteiger partial charge in [0.2, 0.25) is 0 Å². The molecule has 1 rings (SSSR count). The molecule has 0 heterocycles. The average Bonchev–Trinajstić information content (AvgIpc) is 2.13. The van der Waals surface area contributed by atoms with Crippen molar-refractivity contribution in [3.05, 3.63) is 0 Å². The molecule has 4 heteroatoms. The van der Waals surface area contributed by atoms with Gasteiger partial charge in [0.25, 0.3) is 10.1 Å². The third kappa shape index (κ3) is 6.90. The van der Waals surface area contributed by atoms with Crippen molar-refractivity contribution in [3.8, 4) is 0 Å². The summed E-state index contributed by atoms with van der Waals surface area (Å²) in [5, 5.41) is 0. The fourth-order valence-electron chi connectivity index (χ4n) is 2.12. The van der Waals surface area contributed by atoms with Crippen molar-refractivity contribution in [2.75, 3.05) is 6.26 Å². The largest absolute Gasteiger partial charge is 0.267 e. The van der Waals surface area contributed by atoms with Gasteiger partial charge >= 0.3 is 0 Å². The number of rotatable bonds is 2. The molecule has 0 aromatic rings. The quantitative estimate of drug-likeness (QED) is 0.690. The summed E-state index contributed by atoms with van der Waals surface area (Å²) in [6.07, 6.45) is 11.4. The van der Waals surface area contributed by atoms with E-state index in [4.69, 9.17) is 4.18 Å². The van der Waals surface area contributed by atoms with E-state index in [0.29, 0.717) is 0 Å². The Labute approximate surface area is 93.3 Å². The van der Waals surface area contributed by atoms with Crippen molar-refractivity contribution in [2.45, 2.75) is 63.9 Å². The van der Waals surface area contributed by atoms with Crippen LogP contribution in [0.2, 0.25) is 0 Å². The Hall–Kier alpha value is -0.0900. The van der Waals surface area contributed by atoms with Gasteiger partial charge in [0, 0.05) is 0 Å². The van der Waals surface area contributed by atoms with E-state index in [2.05, 4.69) is 0 Å². The predicted molar refractivity (Wildman–Crippen MR) is 61.3 cm³/mol. The molecular formula is C11H22O3S. The molecule has 0 aromatic carbocycles. The van der Waals surface area contributed by atoms with Crippen LogP contribution in [0.1, 0.15) is 57.8 Å². The van der Waals surface area contributed by atoms with Gasteiger partial charge in [-0.1, -0.05) is 44.9 Å². The molecular weight excluding hydrogens is 212 g/mol. The fourth-order valence-corrected chi connectivity index (χ4v) is 2.80. The lowest BCUT2D eigenvalue weighted by Crippen LogP contribution is -2.18. The van der Waals surface area contributed by atoms with Crippen LogP contribution in [0.15, 0.2) is 0 Å². The Morgan fingerprint density at radius 3 is 1.67 bits per heavy atom. The lowest BCUT2D eigenvalue weighted by molar-refractivity contribution is 0.180. The van der Waals surface area contributed by atoms with Crippen LogP contribution in [0, 0.1) is 0 Å². The van der Waals surface area contributed by atoms with Crippen LogP contribution in [-0.2, 0) is 14.3 Å². The van der Waals surface area contributed by atoms with Crippen molar-refractivity contribution in [2.24, 2.45) is 0 Å². The molecule has 15 heavy (non-hydrogen) atoms. The summed E-state index contributed by atoms with van der Waals surface area (Å²) >= 11 is 0. The van der Waals surface area contributed by atoms with Gasteiger partial charge in [-0.15, -0.1) is 0 Å². The molecule has 0 aromatic heterocycles. The van der Waals surface area contributed by atoms with E-state index in [1.54, 1.807) is 0 Å². The first-order chi connectivity index (χ1) is 7.08. The van der Waals surface area contributed by atoms with Gasteiger partial charge in [-0.05, 0) is 12.8 Å². The van der Waals surface area contributed by atoms with Crippen LogP contribution in [0.4, 0.5) is 0 Å². The monoisotopic (exact) mass is 234 g/mol. The highest BCUT2D eigenvalue weighted by Crippen LogP contribution is 2.19. The molecule has 0 amide bonds. The number of hydrogen-bond acceptors (Lipinski definition) is 3. The molecule has 0 N–H and O–H groups in total. The molecule has 0 aliphatic heterocycles. The highest BCUT2D eigenvalue weighted by atomic mass is 32.2. The Bertz CT molecular complexity index is 249. The summed E-state index contributed by atoms with van der Waals surface area (Å²) in [5.41, 5.74) is 0. The summed E-state index contributed by atoms with van der Waals surface area (Å²) in [7, 11) is -3.27. The standard InChI is InChI=1S/C11H22O3S/c1-15(12,13)14-11-9-7-5-3-2-4-6-8-10-11/h11H,2-10H2,1H3. The summed E-state index contributed by atoms with van der Waals surface area (Å²) in [5.74, 6) is 0. The van der Waals surface area contributed by atoms with E-state index >= 15 is 0 Å². The van der Waals surface area contributed by atoms with Crippen LogP contribution in [0.25, 0.3) is 0 Å². The van der Waals surface area contributed by atoms with Gasteiger partial charge in [-0.2, -0.15) is 8.42 Å². The van der Waals surface area contributed by atoms with Crippen LogP contribution < -0.4 is 0 Å². The van der Waals surface area contributed by atoms with Crippen molar-refractivity contribution >= 4 is 10.1 Å². The lowest BCUT2D eigenvalue weighted by atomic mass is 9.99. The summed E-state index contributed by atoms with van der Waals surface area (Å²) < 4.78 is 27.1. The van der Waals surface area contributed by atoms with E-state index in [1.165, 1.54) is 32.1 Å². The molecule has 0 atom stereocenters.